The van der Waals surface area contributed by atoms with Gasteiger partial charge in [-0.25, -0.2) is 0 Å². The summed E-state index contributed by atoms with van der Waals surface area (Å²) in [5, 5.41) is 22.2. The van der Waals surface area contributed by atoms with Crippen LogP contribution in [0.25, 0.3) is 0 Å². The van der Waals surface area contributed by atoms with Crippen LogP contribution in [-0.2, 0) is 48.8 Å². The minimum atomic E-state index is -0.219. The normalized spacial score (nSPS) is 18.0. The maximum Gasteiger partial charge on any atom is 0.306 e. The lowest BCUT2D eigenvalue weighted by Crippen LogP contribution is -2.63. The van der Waals surface area contributed by atoms with Gasteiger partial charge in [0.2, 0.25) is 0 Å². The van der Waals surface area contributed by atoms with Gasteiger partial charge in [0.25, 0.3) is 0 Å². The molecule has 2 aromatic rings. The fraction of sp³-hybridized carbons (Fsp3) is 0.681. The molecule has 0 spiro atoms. The lowest BCUT2D eigenvalue weighted by molar-refractivity contribution is -0.155. The van der Waals surface area contributed by atoms with E-state index in [0.717, 1.165) is 53.5 Å². The summed E-state index contributed by atoms with van der Waals surface area (Å²) in [6.45, 7) is 37.3. The molecule has 0 aromatic heterocycles. The van der Waals surface area contributed by atoms with Crippen molar-refractivity contribution in [1.82, 2.24) is 4.90 Å². The summed E-state index contributed by atoms with van der Waals surface area (Å²) < 4.78 is 12.6. The molecule has 53 heavy (non-hydrogen) atoms. The quantitative estimate of drug-likeness (QED) is 0.177. The van der Waals surface area contributed by atoms with Crippen molar-refractivity contribution < 1.29 is 24.5 Å². The second kappa shape index (κ2) is 16.0. The van der Waals surface area contributed by atoms with E-state index < -0.39 is 0 Å². The molecule has 2 aromatic carbocycles. The number of ether oxygens (including phenoxy) is 2. The first-order valence-corrected chi connectivity index (χ1v) is 20.0. The SMILES string of the molecule is CCC(CN1C(C)(C)CC(OC=CCc2cc(C(C)(C)C)c(O)c(C(C)(C)C)c2)CC1(C)C)OC(=O)CCc1cc(C(C)(C)C)c(O)c(C(C)(C)C)c1. The molecule has 1 saturated heterocycles. The maximum absolute atomic E-state index is 13.3. The first-order chi connectivity index (χ1) is 24.0. The van der Waals surface area contributed by atoms with Gasteiger partial charge in [-0.1, -0.05) is 114 Å². The number of aryl methyl sites for hydroxylation is 1. The van der Waals surface area contributed by atoms with Crippen LogP contribution in [0.5, 0.6) is 11.5 Å². The number of carbonyl (C=O) groups is 1. The molecule has 1 unspecified atom stereocenters. The van der Waals surface area contributed by atoms with Gasteiger partial charge in [0.15, 0.2) is 0 Å². The molecular weight excluding hydrogens is 659 g/mol. The van der Waals surface area contributed by atoms with Crippen LogP contribution >= 0.6 is 0 Å². The molecule has 1 aliphatic rings. The zero-order valence-electron chi connectivity index (χ0n) is 36.6. The van der Waals surface area contributed by atoms with Gasteiger partial charge >= 0.3 is 5.97 Å². The average Bonchev–Trinajstić information content (AvgIpc) is 2.97. The van der Waals surface area contributed by atoms with Crippen molar-refractivity contribution in [3.63, 3.8) is 0 Å². The fourth-order valence-electron chi connectivity index (χ4n) is 8.05. The Morgan fingerprint density at radius 1 is 0.755 bits per heavy atom. The third kappa shape index (κ3) is 11.5. The van der Waals surface area contributed by atoms with Gasteiger partial charge in [-0.15, -0.1) is 0 Å². The number of hydrogen-bond acceptors (Lipinski definition) is 6. The number of rotatable bonds is 11. The number of esters is 1. The topological polar surface area (TPSA) is 79.2 Å². The lowest BCUT2D eigenvalue weighted by atomic mass is 9.77. The third-order valence-electron chi connectivity index (χ3n) is 11.0. The summed E-state index contributed by atoms with van der Waals surface area (Å²) in [6, 6.07) is 8.38. The number of piperidine rings is 1. The highest BCUT2D eigenvalue weighted by Crippen LogP contribution is 2.43. The molecule has 1 heterocycles. The number of benzene rings is 2. The molecule has 6 nitrogen and oxygen atoms in total. The van der Waals surface area contributed by atoms with Gasteiger partial charge in [-0.3, -0.25) is 9.69 Å². The molecule has 1 fully saturated rings. The van der Waals surface area contributed by atoms with Crippen LogP contribution in [0.3, 0.4) is 0 Å². The summed E-state index contributed by atoms with van der Waals surface area (Å²) in [5.74, 6) is 0.580. The fourth-order valence-corrected chi connectivity index (χ4v) is 8.05. The van der Waals surface area contributed by atoms with Gasteiger partial charge in [-0.2, -0.15) is 0 Å². The molecule has 1 aliphatic heterocycles. The Labute approximate surface area is 323 Å². The van der Waals surface area contributed by atoms with Crippen LogP contribution in [0.4, 0.5) is 0 Å². The highest BCUT2D eigenvalue weighted by Gasteiger charge is 2.46. The van der Waals surface area contributed by atoms with E-state index in [1.165, 1.54) is 5.56 Å². The second-order valence-electron chi connectivity index (χ2n) is 21.1. The number of phenolic OH excluding ortho intramolecular Hbond substituents is 2. The summed E-state index contributed by atoms with van der Waals surface area (Å²) in [5.41, 5.74) is 4.88. The minimum absolute atomic E-state index is 0.0616. The van der Waals surface area contributed by atoms with Crippen molar-refractivity contribution in [2.45, 2.75) is 201 Å². The Morgan fingerprint density at radius 2 is 1.15 bits per heavy atom. The zero-order valence-corrected chi connectivity index (χ0v) is 36.6. The second-order valence-corrected chi connectivity index (χ2v) is 21.1. The predicted molar refractivity (Wildman–Crippen MR) is 221 cm³/mol. The van der Waals surface area contributed by atoms with E-state index >= 15 is 0 Å². The van der Waals surface area contributed by atoms with Gasteiger partial charge < -0.3 is 19.7 Å². The molecule has 0 amide bonds. The number of likely N-dealkylation sites (tertiary alicyclic amines) is 1. The number of carbonyl (C=O) groups excluding carboxylic acids is 1. The summed E-state index contributed by atoms with van der Waals surface area (Å²) >= 11 is 0. The van der Waals surface area contributed by atoms with Gasteiger partial charge in [0.1, 0.15) is 23.7 Å². The standard InChI is InChI=1S/C47H75NO5/c1-18-33(53-39(49)22-21-32-26-37(44(8,9)10)41(51)38(27-32)45(11,12)13)30-48-46(14,15)28-34(29-47(48,16)17)52-23-19-20-31-24-35(42(2,3)4)40(50)36(25-31)43(5,6)7/h19,23-27,33-34,50-51H,18,20-22,28-30H2,1-17H3. The van der Waals surface area contributed by atoms with Crippen LogP contribution in [0.2, 0.25) is 0 Å². The maximum atomic E-state index is 13.3. The van der Waals surface area contributed by atoms with E-state index in [2.05, 4.69) is 153 Å². The number of phenols is 2. The molecule has 0 radical (unpaired) electrons. The van der Waals surface area contributed by atoms with Gasteiger partial charge in [0, 0.05) is 36.9 Å². The van der Waals surface area contributed by atoms with Crippen LogP contribution < -0.4 is 0 Å². The number of hydrogen-bond donors (Lipinski definition) is 2. The zero-order chi connectivity index (χ0) is 40.5. The Kier molecular flexibility index (Phi) is 13.4. The minimum Gasteiger partial charge on any atom is -0.507 e. The van der Waals surface area contributed by atoms with Crippen LogP contribution in [0, 0.1) is 0 Å². The van der Waals surface area contributed by atoms with Crippen LogP contribution in [-0.4, -0.2) is 50.9 Å². The van der Waals surface area contributed by atoms with Crippen molar-refractivity contribution in [2.24, 2.45) is 0 Å². The molecule has 0 aliphatic carbocycles. The highest BCUT2D eigenvalue weighted by molar-refractivity contribution is 5.70. The first-order valence-electron chi connectivity index (χ1n) is 20.0. The van der Waals surface area contributed by atoms with E-state index in [1.807, 2.05) is 6.26 Å². The lowest BCUT2D eigenvalue weighted by Gasteiger charge is -2.55. The van der Waals surface area contributed by atoms with Crippen LogP contribution in [0.15, 0.2) is 36.6 Å². The Morgan fingerprint density at radius 3 is 1.53 bits per heavy atom. The van der Waals surface area contributed by atoms with E-state index in [9.17, 15) is 15.0 Å². The Hall–Kier alpha value is -2.99. The third-order valence-corrected chi connectivity index (χ3v) is 11.0. The molecule has 3 rings (SSSR count). The van der Waals surface area contributed by atoms with E-state index in [-0.39, 0.29) is 50.9 Å². The van der Waals surface area contributed by atoms with Crippen molar-refractivity contribution >= 4 is 5.97 Å². The Balaban J connectivity index is 1.66. The van der Waals surface area contributed by atoms with Gasteiger partial charge in [0.05, 0.1) is 6.26 Å². The summed E-state index contributed by atoms with van der Waals surface area (Å²) in [4.78, 5) is 15.8. The summed E-state index contributed by atoms with van der Waals surface area (Å²) in [6.07, 6.45) is 7.86. The molecule has 298 valence electrons. The Bertz CT molecular complexity index is 1520. The van der Waals surface area contributed by atoms with Crippen molar-refractivity contribution in [3.8, 4) is 11.5 Å². The van der Waals surface area contributed by atoms with Crippen molar-refractivity contribution in [2.75, 3.05) is 6.54 Å². The van der Waals surface area contributed by atoms with Crippen LogP contribution in [0.1, 0.15) is 177 Å². The molecule has 0 saturated carbocycles. The first kappa shape index (κ1) is 44.4. The molecule has 2 N–H and O–H groups in total. The highest BCUT2D eigenvalue weighted by atomic mass is 16.5. The largest absolute Gasteiger partial charge is 0.507 e. The van der Waals surface area contributed by atoms with Crippen molar-refractivity contribution in [3.05, 3.63) is 70.0 Å². The molecule has 6 heteroatoms. The smallest absolute Gasteiger partial charge is 0.306 e. The van der Waals surface area contributed by atoms with Gasteiger partial charge in [-0.05, 0) is 108 Å². The number of nitrogens with zero attached hydrogens (tertiary/aromatic N) is 1. The van der Waals surface area contributed by atoms with E-state index in [0.29, 0.717) is 30.9 Å². The number of aromatic hydroxyl groups is 2. The predicted octanol–water partition coefficient (Wildman–Crippen LogP) is 11.3. The average molecular weight is 734 g/mol. The summed E-state index contributed by atoms with van der Waals surface area (Å²) in [7, 11) is 0. The van der Waals surface area contributed by atoms with E-state index in [1.54, 1.807) is 0 Å². The molecule has 0 bridgehead atoms. The monoisotopic (exact) mass is 734 g/mol. The number of allylic oxidation sites excluding steroid dienone is 1. The molecular formula is C47H75NO5. The van der Waals surface area contributed by atoms with E-state index in [4.69, 9.17) is 9.47 Å². The van der Waals surface area contributed by atoms with Crippen molar-refractivity contribution in [1.29, 1.82) is 0 Å². The molecule has 1 atom stereocenters.